The van der Waals surface area contributed by atoms with E-state index < -0.39 is 5.97 Å². The van der Waals surface area contributed by atoms with Gasteiger partial charge in [-0.15, -0.1) is 12.4 Å². The molecule has 0 fully saturated rings. The lowest BCUT2D eigenvalue weighted by molar-refractivity contribution is -0.129. The molecule has 2 aliphatic rings. The molecule has 1 aliphatic carbocycles. The van der Waals surface area contributed by atoms with Gasteiger partial charge in [-0.25, -0.2) is 9.79 Å². The first-order valence-electron chi connectivity index (χ1n) is 3.20. The Balaban J connectivity index is 0.000000720. The normalized spacial score (nSPS) is 17.5. The number of nitrogens with zero attached hydrogens (tertiary/aromatic N) is 1. The van der Waals surface area contributed by atoms with Crippen molar-refractivity contribution < 1.29 is 9.90 Å². The highest BCUT2D eigenvalue weighted by Crippen LogP contribution is 2.24. The molecule has 0 unspecified atom stereocenters. The summed E-state index contributed by atoms with van der Waals surface area (Å²) in [4.78, 5) is 14.3. The number of carboxylic acids is 1. The van der Waals surface area contributed by atoms with Gasteiger partial charge >= 0.3 is 5.97 Å². The topological polar surface area (TPSA) is 49.7 Å². The molecule has 1 aliphatic heterocycles. The fraction of sp³-hybridized carbons (Fsp3) is 0. The molecular formula is C8H6ClNO2. The van der Waals surface area contributed by atoms with Gasteiger partial charge < -0.3 is 5.11 Å². The van der Waals surface area contributed by atoms with Crippen LogP contribution in [0.3, 0.4) is 0 Å². The van der Waals surface area contributed by atoms with E-state index in [1.165, 1.54) is 0 Å². The third-order valence-corrected chi connectivity index (χ3v) is 1.58. The molecule has 0 bridgehead atoms. The van der Waals surface area contributed by atoms with Crippen molar-refractivity contribution >= 4 is 24.1 Å². The van der Waals surface area contributed by atoms with Crippen molar-refractivity contribution in [3.8, 4) is 0 Å². The number of carbonyl (C=O) groups is 1. The van der Waals surface area contributed by atoms with Crippen LogP contribution in [0.5, 0.6) is 0 Å². The molecule has 2 rings (SSSR count). The minimum atomic E-state index is -0.971. The molecule has 0 aromatic carbocycles. The highest BCUT2D eigenvalue weighted by molar-refractivity contribution is 6.42. The summed E-state index contributed by atoms with van der Waals surface area (Å²) < 4.78 is 0. The molecule has 0 saturated carbocycles. The summed E-state index contributed by atoms with van der Waals surface area (Å²) in [6, 6.07) is 0. The fourth-order valence-corrected chi connectivity index (χ4v) is 1.07. The van der Waals surface area contributed by atoms with E-state index in [4.69, 9.17) is 5.11 Å². The van der Waals surface area contributed by atoms with E-state index in [0.29, 0.717) is 0 Å². The van der Waals surface area contributed by atoms with Crippen LogP contribution < -0.4 is 0 Å². The standard InChI is InChI=1S/C8H5NO2.ClH/c10-8(11)7-4-5-2-1-3-6(5)9-7;/h1-4H,(H,10,11);1H. The molecular weight excluding hydrogens is 178 g/mol. The molecule has 62 valence electrons. The summed E-state index contributed by atoms with van der Waals surface area (Å²) in [6.07, 6.45) is 7.05. The maximum atomic E-state index is 10.4. The van der Waals surface area contributed by atoms with Crippen LogP contribution in [0.25, 0.3) is 0 Å². The van der Waals surface area contributed by atoms with Gasteiger partial charge in [0.2, 0.25) is 0 Å². The van der Waals surface area contributed by atoms with Crippen LogP contribution in [0.2, 0.25) is 0 Å². The molecule has 0 aromatic rings. The molecule has 0 saturated heterocycles. The number of hydrogen-bond donors (Lipinski definition) is 1. The molecule has 1 heterocycles. The number of allylic oxidation sites excluding steroid dienone is 3. The van der Waals surface area contributed by atoms with Crippen LogP contribution >= 0.6 is 12.4 Å². The van der Waals surface area contributed by atoms with Crippen LogP contribution in [0, 0.1) is 0 Å². The molecule has 3 nitrogen and oxygen atoms in total. The SMILES string of the molecule is Cl.O=C(O)C1=NC2=CC=CC2=C1. The van der Waals surface area contributed by atoms with Gasteiger partial charge in [-0.1, -0.05) is 12.2 Å². The predicted molar refractivity (Wildman–Crippen MR) is 47.6 cm³/mol. The smallest absolute Gasteiger partial charge is 0.354 e. The average Bonchev–Trinajstić information content (AvgIpc) is 2.40. The first-order valence-corrected chi connectivity index (χ1v) is 3.20. The molecule has 12 heavy (non-hydrogen) atoms. The second-order valence-corrected chi connectivity index (χ2v) is 2.31. The van der Waals surface area contributed by atoms with Crippen molar-refractivity contribution in [3.63, 3.8) is 0 Å². The molecule has 0 aromatic heterocycles. The van der Waals surface area contributed by atoms with Crippen LogP contribution in [0.15, 0.2) is 40.6 Å². The van der Waals surface area contributed by atoms with Crippen molar-refractivity contribution in [2.75, 3.05) is 0 Å². The van der Waals surface area contributed by atoms with Crippen LogP contribution in [0.4, 0.5) is 0 Å². The molecule has 1 N–H and O–H groups in total. The summed E-state index contributed by atoms with van der Waals surface area (Å²) in [7, 11) is 0. The fourth-order valence-electron chi connectivity index (χ4n) is 1.07. The first-order chi connectivity index (χ1) is 5.27. The van der Waals surface area contributed by atoms with Crippen molar-refractivity contribution in [2.24, 2.45) is 4.99 Å². The lowest BCUT2D eigenvalue weighted by Gasteiger charge is -1.85. The lowest BCUT2D eigenvalue weighted by atomic mass is 10.2. The van der Waals surface area contributed by atoms with Crippen LogP contribution in [-0.2, 0) is 4.79 Å². The first kappa shape index (κ1) is 8.74. The number of fused-ring (bicyclic) bond motifs is 1. The number of aliphatic imine (C=N–C) groups is 1. The second-order valence-electron chi connectivity index (χ2n) is 2.31. The Bertz CT molecular complexity index is 350. The highest BCUT2D eigenvalue weighted by Gasteiger charge is 2.18. The van der Waals surface area contributed by atoms with Gasteiger partial charge in [0.15, 0.2) is 0 Å². The maximum Gasteiger partial charge on any atom is 0.354 e. The van der Waals surface area contributed by atoms with E-state index in [0.717, 1.165) is 11.3 Å². The van der Waals surface area contributed by atoms with Gasteiger partial charge in [0, 0.05) is 5.57 Å². The van der Waals surface area contributed by atoms with E-state index in [2.05, 4.69) is 4.99 Å². The average molecular weight is 184 g/mol. The van der Waals surface area contributed by atoms with Crippen LogP contribution in [0.1, 0.15) is 0 Å². The number of halogens is 1. The van der Waals surface area contributed by atoms with E-state index in [-0.39, 0.29) is 18.1 Å². The summed E-state index contributed by atoms with van der Waals surface area (Å²) in [5, 5.41) is 8.54. The summed E-state index contributed by atoms with van der Waals surface area (Å²) in [5.41, 5.74) is 1.76. The molecule has 0 amide bonds. The van der Waals surface area contributed by atoms with E-state index >= 15 is 0 Å². The van der Waals surface area contributed by atoms with Crippen molar-refractivity contribution in [1.29, 1.82) is 0 Å². The Hall–Kier alpha value is -1.35. The van der Waals surface area contributed by atoms with Crippen molar-refractivity contribution in [3.05, 3.63) is 35.6 Å². The Labute approximate surface area is 75.2 Å². The van der Waals surface area contributed by atoms with Crippen molar-refractivity contribution in [2.45, 2.75) is 0 Å². The number of hydrogen-bond acceptors (Lipinski definition) is 2. The predicted octanol–water partition coefficient (Wildman–Crippen LogP) is 1.33. The summed E-state index contributed by atoms with van der Waals surface area (Å²) in [6.45, 7) is 0. The number of carboxylic acid groups (broad SMARTS) is 1. The largest absolute Gasteiger partial charge is 0.477 e. The Kier molecular flexibility index (Phi) is 2.15. The third kappa shape index (κ3) is 1.19. The molecule has 0 spiro atoms. The quantitative estimate of drug-likeness (QED) is 0.667. The summed E-state index contributed by atoms with van der Waals surface area (Å²) >= 11 is 0. The Morgan fingerprint density at radius 2 is 2.25 bits per heavy atom. The van der Waals surface area contributed by atoms with E-state index in [1.807, 2.05) is 12.2 Å². The Morgan fingerprint density at radius 3 is 2.83 bits per heavy atom. The third-order valence-electron chi connectivity index (χ3n) is 1.58. The van der Waals surface area contributed by atoms with Crippen LogP contribution in [-0.4, -0.2) is 16.8 Å². The van der Waals surface area contributed by atoms with Gasteiger partial charge in [-0.05, 0) is 12.2 Å². The zero-order valence-corrected chi connectivity index (χ0v) is 6.84. The zero-order valence-electron chi connectivity index (χ0n) is 6.02. The number of aliphatic carboxylic acids is 1. The minimum Gasteiger partial charge on any atom is -0.477 e. The van der Waals surface area contributed by atoms with Gasteiger partial charge in [0.25, 0.3) is 0 Å². The molecule has 0 radical (unpaired) electrons. The second kappa shape index (κ2) is 2.95. The van der Waals surface area contributed by atoms with E-state index in [9.17, 15) is 4.79 Å². The molecule has 4 heteroatoms. The Morgan fingerprint density at radius 1 is 1.50 bits per heavy atom. The minimum absolute atomic E-state index is 0. The van der Waals surface area contributed by atoms with Crippen molar-refractivity contribution in [1.82, 2.24) is 0 Å². The number of rotatable bonds is 1. The molecule has 0 atom stereocenters. The van der Waals surface area contributed by atoms with Gasteiger partial charge in [-0.2, -0.15) is 0 Å². The van der Waals surface area contributed by atoms with Gasteiger partial charge in [0.05, 0.1) is 5.70 Å². The van der Waals surface area contributed by atoms with Gasteiger partial charge in [0.1, 0.15) is 5.71 Å². The van der Waals surface area contributed by atoms with E-state index in [1.54, 1.807) is 12.2 Å². The summed E-state index contributed by atoms with van der Waals surface area (Å²) in [5.74, 6) is -0.971. The highest BCUT2D eigenvalue weighted by atomic mass is 35.5. The zero-order chi connectivity index (χ0) is 7.84. The maximum absolute atomic E-state index is 10.4. The monoisotopic (exact) mass is 183 g/mol. The lowest BCUT2D eigenvalue weighted by Crippen LogP contribution is -2.07. The van der Waals surface area contributed by atoms with Gasteiger partial charge in [-0.3, -0.25) is 0 Å².